The molecule has 0 radical (unpaired) electrons. The predicted molar refractivity (Wildman–Crippen MR) is 80.1 cm³/mol. The Kier molecular flexibility index (Phi) is 5.12. The Balaban J connectivity index is 2.61. The second-order valence-electron chi connectivity index (χ2n) is 6.26. The maximum Gasteiger partial charge on any atom is 0.237 e. The number of aryl methyl sites for hydroxylation is 1. The van der Waals surface area contributed by atoms with E-state index in [1.165, 1.54) is 11.1 Å². The Morgan fingerprint density at radius 3 is 2.37 bits per heavy atom. The van der Waals surface area contributed by atoms with Gasteiger partial charge in [-0.25, -0.2) is 0 Å². The van der Waals surface area contributed by atoms with Crippen LogP contribution in [0.3, 0.4) is 0 Å². The number of amides is 1. The fourth-order valence-electron chi connectivity index (χ4n) is 1.96. The van der Waals surface area contributed by atoms with Gasteiger partial charge in [0.05, 0.1) is 6.04 Å². The Labute approximate surface area is 116 Å². The van der Waals surface area contributed by atoms with Crippen molar-refractivity contribution in [2.24, 2.45) is 0 Å². The Morgan fingerprint density at radius 1 is 1.21 bits per heavy atom. The quantitative estimate of drug-likeness (QED) is 0.876. The Morgan fingerprint density at radius 2 is 1.84 bits per heavy atom. The van der Waals surface area contributed by atoms with Gasteiger partial charge in [0.15, 0.2) is 0 Å². The van der Waals surface area contributed by atoms with Gasteiger partial charge >= 0.3 is 0 Å². The molecule has 0 spiro atoms. The van der Waals surface area contributed by atoms with Crippen molar-refractivity contribution in [1.82, 2.24) is 10.6 Å². The van der Waals surface area contributed by atoms with Crippen LogP contribution < -0.4 is 10.6 Å². The van der Waals surface area contributed by atoms with E-state index in [1.54, 1.807) is 0 Å². The largest absolute Gasteiger partial charge is 0.350 e. The SMILES string of the molecule is Cc1cccc([C@H](C)NC(C)C(=O)NC(C)(C)C)c1. The van der Waals surface area contributed by atoms with Crippen molar-refractivity contribution in [3.8, 4) is 0 Å². The number of carbonyl (C=O) groups excluding carboxylic acids is 1. The highest BCUT2D eigenvalue weighted by molar-refractivity contribution is 5.81. The van der Waals surface area contributed by atoms with Crippen LogP contribution in [0.2, 0.25) is 0 Å². The molecule has 1 aromatic rings. The van der Waals surface area contributed by atoms with Gasteiger partial charge in [-0.05, 0) is 47.1 Å². The van der Waals surface area contributed by atoms with Crippen molar-refractivity contribution in [1.29, 1.82) is 0 Å². The van der Waals surface area contributed by atoms with Crippen molar-refractivity contribution in [3.05, 3.63) is 35.4 Å². The van der Waals surface area contributed by atoms with Crippen LogP contribution in [0.4, 0.5) is 0 Å². The molecule has 0 saturated heterocycles. The number of nitrogens with one attached hydrogen (secondary N) is 2. The zero-order valence-corrected chi connectivity index (χ0v) is 12.9. The summed E-state index contributed by atoms with van der Waals surface area (Å²) in [7, 11) is 0. The van der Waals surface area contributed by atoms with E-state index in [2.05, 4.69) is 42.7 Å². The number of rotatable bonds is 4. The first-order valence-corrected chi connectivity index (χ1v) is 6.83. The van der Waals surface area contributed by atoms with E-state index in [0.29, 0.717) is 0 Å². The summed E-state index contributed by atoms with van der Waals surface area (Å²) in [6.45, 7) is 12.0. The zero-order valence-electron chi connectivity index (χ0n) is 12.9. The summed E-state index contributed by atoms with van der Waals surface area (Å²) in [5, 5.41) is 6.32. The van der Waals surface area contributed by atoms with Crippen LogP contribution in [0, 0.1) is 6.92 Å². The van der Waals surface area contributed by atoms with E-state index in [1.807, 2.05) is 33.8 Å². The lowest BCUT2D eigenvalue weighted by molar-refractivity contribution is -0.124. The molecule has 0 aliphatic heterocycles. The lowest BCUT2D eigenvalue weighted by atomic mass is 10.0. The molecular weight excluding hydrogens is 236 g/mol. The first kappa shape index (κ1) is 15.7. The van der Waals surface area contributed by atoms with Gasteiger partial charge in [0, 0.05) is 11.6 Å². The molecule has 0 fully saturated rings. The minimum Gasteiger partial charge on any atom is -0.350 e. The number of hydrogen-bond donors (Lipinski definition) is 2. The molecule has 2 atom stereocenters. The highest BCUT2D eigenvalue weighted by atomic mass is 16.2. The zero-order chi connectivity index (χ0) is 14.6. The number of carbonyl (C=O) groups is 1. The lowest BCUT2D eigenvalue weighted by Gasteiger charge is -2.25. The van der Waals surface area contributed by atoms with Crippen molar-refractivity contribution in [2.75, 3.05) is 0 Å². The smallest absolute Gasteiger partial charge is 0.237 e. The molecule has 106 valence electrons. The molecule has 0 heterocycles. The van der Waals surface area contributed by atoms with Crippen molar-refractivity contribution < 1.29 is 4.79 Å². The predicted octanol–water partition coefficient (Wildman–Crippen LogP) is 2.95. The van der Waals surface area contributed by atoms with Gasteiger partial charge in [0.25, 0.3) is 0 Å². The topological polar surface area (TPSA) is 41.1 Å². The van der Waals surface area contributed by atoms with Crippen LogP contribution >= 0.6 is 0 Å². The van der Waals surface area contributed by atoms with Crippen LogP contribution in [0.1, 0.15) is 51.8 Å². The van der Waals surface area contributed by atoms with Gasteiger partial charge in [-0.2, -0.15) is 0 Å². The van der Waals surface area contributed by atoms with Crippen LogP contribution in [0.15, 0.2) is 24.3 Å². The van der Waals surface area contributed by atoms with Gasteiger partial charge in [-0.3, -0.25) is 10.1 Å². The molecule has 3 heteroatoms. The third kappa shape index (κ3) is 5.43. The standard InChI is InChI=1S/C16H26N2O/c1-11-8-7-9-14(10-11)12(2)17-13(3)15(19)18-16(4,5)6/h7-10,12-13,17H,1-6H3,(H,18,19)/t12-,13?/m0/s1. The molecule has 3 nitrogen and oxygen atoms in total. The minimum atomic E-state index is -0.213. The average Bonchev–Trinajstić information content (AvgIpc) is 2.26. The molecule has 1 rings (SSSR count). The summed E-state index contributed by atoms with van der Waals surface area (Å²) in [6, 6.07) is 8.29. The van der Waals surface area contributed by atoms with Crippen molar-refractivity contribution in [2.45, 2.75) is 59.2 Å². The third-order valence-corrected chi connectivity index (χ3v) is 2.93. The van der Waals surface area contributed by atoms with E-state index >= 15 is 0 Å². The van der Waals surface area contributed by atoms with E-state index in [0.717, 1.165) is 0 Å². The average molecular weight is 262 g/mol. The first-order valence-electron chi connectivity index (χ1n) is 6.83. The van der Waals surface area contributed by atoms with Gasteiger partial charge in [-0.1, -0.05) is 29.8 Å². The van der Waals surface area contributed by atoms with Gasteiger partial charge < -0.3 is 5.32 Å². The maximum absolute atomic E-state index is 12.0. The summed E-state index contributed by atoms with van der Waals surface area (Å²) in [6.07, 6.45) is 0. The second-order valence-corrected chi connectivity index (χ2v) is 6.26. The fraction of sp³-hybridized carbons (Fsp3) is 0.562. The molecular formula is C16H26N2O. The monoisotopic (exact) mass is 262 g/mol. The number of hydrogen-bond acceptors (Lipinski definition) is 2. The molecule has 1 unspecified atom stereocenters. The lowest BCUT2D eigenvalue weighted by Crippen LogP contribution is -2.49. The molecule has 1 aromatic carbocycles. The van der Waals surface area contributed by atoms with Crippen LogP contribution in [0.25, 0.3) is 0 Å². The van der Waals surface area contributed by atoms with E-state index in [-0.39, 0.29) is 23.5 Å². The molecule has 0 aliphatic carbocycles. The second kappa shape index (κ2) is 6.20. The van der Waals surface area contributed by atoms with E-state index < -0.39 is 0 Å². The highest BCUT2D eigenvalue weighted by Crippen LogP contribution is 2.14. The highest BCUT2D eigenvalue weighted by Gasteiger charge is 2.20. The van der Waals surface area contributed by atoms with Crippen molar-refractivity contribution in [3.63, 3.8) is 0 Å². The minimum absolute atomic E-state index is 0.0343. The molecule has 2 N–H and O–H groups in total. The van der Waals surface area contributed by atoms with Crippen LogP contribution in [-0.4, -0.2) is 17.5 Å². The Hall–Kier alpha value is -1.35. The van der Waals surface area contributed by atoms with Gasteiger partial charge in [0.1, 0.15) is 0 Å². The van der Waals surface area contributed by atoms with Gasteiger partial charge in [0.2, 0.25) is 5.91 Å². The summed E-state index contributed by atoms with van der Waals surface area (Å²) in [5.74, 6) is 0.0343. The first-order chi connectivity index (χ1) is 8.69. The summed E-state index contributed by atoms with van der Waals surface area (Å²) in [5.41, 5.74) is 2.24. The van der Waals surface area contributed by atoms with Crippen LogP contribution in [-0.2, 0) is 4.79 Å². The van der Waals surface area contributed by atoms with Crippen molar-refractivity contribution >= 4 is 5.91 Å². The summed E-state index contributed by atoms with van der Waals surface area (Å²) < 4.78 is 0. The van der Waals surface area contributed by atoms with E-state index in [9.17, 15) is 4.79 Å². The molecule has 0 saturated carbocycles. The molecule has 1 amide bonds. The maximum atomic E-state index is 12.0. The third-order valence-electron chi connectivity index (χ3n) is 2.93. The molecule has 0 aromatic heterocycles. The Bertz CT molecular complexity index is 435. The van der Waals surface area contributed by atoms with Crippen LogP contribution in [0.5, 0.6) is 0 Å². The molecule has 19 heavy (non-hydrogen) atoms. The van der Waals surface area contributed by atoms with E-state index in [4.69, 9.17) is 0 Å². The van der Waals surface area contributed by atoms with Gasteiger partial charge in [-0.15, -0.1) is 0 Å². The summed E-state index contributed by atoms with van der Waals surface area (Å²) in [4.78, 5) is 12.0. The number of benzene rings is 1. The normalized spacial score (nSPS) is 14.8. The fourth-order valence-corrected chi connectivity index (χ4v) is 1.96. The summed E-state index contributed by atoms with van der Waals surface area (Å²) >= 11 is 0. The molecule has 0 aliphatic rings. The molecule has 0 bridgehead atoms.